The summed E-state index contributed by atoms with van der Waals surface area (Å²) in [5, 5.41) is 23.6. The van der Waals surface area contributed by atoms with Crippen LogP contribution in [-0.4, -0.2) is 96.7 Å². The quantitative estimate of drug-likeness (QED) is 0.416. The van der Waals surface area contributed by atoms with Gasteiger partial charge in [-0.3, -0.25) is 19.4 Å². The second-order valence-electron chi connectivity index (χ2n) is 8.35. The topological polar surface area (TPSA) is 120 Å². The number of rotatable bonds is 7. The van der Waals surface area contributed by atoms with E-state index in [0.29, 0.717) is 11.8 Å². The van der Waals surface area contributed by atoms with Gasteiger partial charge in [0.15, 0.2) is 0 Å². The molecular formula is C23H36N2O7. The fourth-order valence-electron chi connectivity index (χ4n) is 4.79. The lowest BCUT2D eigenvalue weighted by Gasteiger charge is -2.26. The third-order valence-corrected chi connectivity index (χ3v) is 6.10. The van der Waals surface area contributed by atoms with E-state index < -0.39 is 0 Å². The Bertz CT molecular complexity index is 649. The van der Waals surface area contributed by atoms with Gasteiger partial charge in [-0.15, -0.1) is 0 Å². The smallest absolute Gasteiger partial charge is 0.290 e. The molecule has 0 radical (unpaired) electrons. The summed E-state index contributed by atoms with van der Waals surface area (Å²) in [5.74, 6) is 2.38. The number of morpholine rings is 1. The lowest BCUT2D eigenvalue weighted by molar-refractivity contribution is -0.123. The molecule has 0 amide bonds. The van der Waals surface area contributed by atoms with Crippen molar-refractivity contribution in [2.24, 2.45) is 11.8 Å². The molecule has 3 atom stereocenters. The molecule has 3 fully saturated rings. The van der Waals surface area contributed by atoms with Crippen LogP contribution in [0.2, 0.25) is 0 Å². The van der Waals surface area contributed by atoms with Gasteiger partial charge in [-0.25, -0.2) is 0 Å². The summed E-state index contributed by atoms with van der Waals surface area (Å²) >= 11 is 0. The van der Waals surface area contributed by atoms with Gasteiger partial charge in [-0.05, 0) is 48.8 Å². The molecule has 2 saturated heterocycles. The summed E-state index contributed by atoms with van der Waals surface area (Å²) in [5.41, 5.74) is 1.33. The molecule has 0 bridgehead atoms. The van der Waals surface area contributed by atoms with Gasteiger partial charge >= 0.3 is 0 Å². The molecule has 4 rings (SSSR count). The highest BCUT2D eigenvalue weighted by Crippen LogP contribution is 2.38. The number of hydrogen-bond donors (Lipinski definition) is 3. The second-order valence-corrected chi connectivity index (χ2v) is 8.35. The van der Waals surface area contributed by atoms with E-state index in [0.717, 1.165) is 84.1 Å². The van der Waals surface area contributed by atoms with Crippen molar-refractivity contribution in [3.05, 3.63) is 29.8 Å². The molecule has 1 aromatic rings. The van der Waals surface area contributed by atoms with E-state index in [1.54, 1.807) is 0 Å². The lowest BCUT2D eigenvalue weighted by Crippen LogP contribution is -2.37. The van der Waals surface area contributed by atoms with Crippen molar-refractivity contribution >= 4 is 12.9 Å². The first-order valence-electron chi connectivity index (χ1n) is 11.2. The molecule has 9 nitrogen and oxygen atoms in total. The van der Waals surface area contributed by atoms with E-state index in [1.807, 2.05) is 0 Å². The van der Waals surface area contributed by atoms with E-state index in [9.17, 15) is 5.11 Å². The molecule has 1 saturated carbocycles. The Morgan fingerprint density at radius 1 is 1.03 bits per heavy atom. The van der Waals surface area contributed by atoms with Crippen molar-refractivity contribution < 1.29 is 34.4 Å². The van der Waals surface area contributed by atoms with Crippen molar-refractivity contribution in [1.82, 2.24) is 9.80 Å². The Labute approximate surface area is 189 Å². The van der Waals surface area contributed by atoms with Crippen LogP contribution in [0.3, 0.4) is 0 Å². The number of carboxylic acid groups (broad SMARTS) is 2. The van der Waals surface area contributed by atoms with Crippen LogP contribution in [0, 0.1) is 11.8 Å². The van der Waals surface area contributed by atoms with Crippen molar-refractivity contribution in [1.29, 1.82) is 0 Å². The van der Waals surface area contributed by atoms with Gasteiger partial charge in [0.05, 0.1) is 25.9 Å². The minimum absolute atomic E-state index is 0.0543. The van der Waals surface area contributed by atoms with Crippen LogP contribution < -0.4 is 4.74 Å². The highest BCUT2D eigenvalue weighted by atomic mass is 16.5. The number of aliphatic hydroxyl groups is 1. The average molecular weight is 453 g/mol. The van der Waals surface area contributed by atoms with E-state index in [2.05, 4.69) is 34.1 Å². The van der Waals surface area contributed by atoms with Crippen LogP contribution in [0.25, 0.3) is 0 Å². The molecule has 3 N–H and O–H groups in total. The van der Waals surface area contributed by atoms with Gasteiger partial charge in [0, 0.05) is 39.3 Å². The Hall–Kier alpha value is -2.20. The van der Waals surface area contributed by atoms with Crippen molar-refractivity contribution in [3.63, 3.8) is 0 Å². The molecule has 1 aromatic carbocycles. The molecule has 2 heterocycles. The first kappa shape index (κ1) is 26.1. The van der Waals surface area contributed by atoms with Crippen LogP contribution in [0.5, 0.6) is 5.75 Å². The summed E-state index contributed by atoms with van der Waals surface area (Å²) in [7, 11) is 0. The number of carbonyl (C=O) groups is 2. The Balaban J connectivity index is 0.000000547. The molecule has 3 aliphatic rings. The van der Waals surface area contributed by atoms with Gasteiger partial charge in [0.1, 0.15) is 5.75 Å². The zero-order valence-corrected chi connectivity index (χ0v) is 18.6. The molecule has 1 aliphatic carbocycles. The fraction of sp³-hybridized carbons (Fsp3) is 0.652. The Morgan fingerprint density at radius 3 is 2.28 bits per heavy atom. The molecule has 1 unspecified atom stereocenters. The third-order valence-electron chi connectivity index (χ3n) is 6.10. The van der Waals surface area contributed by atoms with Crippen LogP contribution >= 0.6 is 0 Å². The zero-order valence-electron chi connectivity index (χ0n) is 18.6. The van der Waals surface area contributed by atoms with E-state index in [4.69, 9.17) is 29.3 Å². The van der Waals surface area contributed by atoms with Crippen LogP contribution in [0.15, 0.2) is 24.3 Å². The van der Waals surface area contributed by atoms with Gasteiger partial charge in [0.25, 0.3) is 12.9 Å². The average Bonchev–Trinajstić information content (AvgIpc) is 3.30. The number of nitrogens with zero attached hydrogens (tertiary/aromatic N) is 2. The number of benzene rings is 1. The zero-order chi connectivity index (χ0) is 23.2. The van der Waals surface area contributed by atoms with Crippen LogP contribution in [0.4, 0.5) is 0 Å². The van der Waals surface area contributed by atoms with Gasteiger partial charge in [0.2, 0.25) is 0 Å². The summed E-state index contributed by atoms with van der Waals surface area (Å²) in [6, 6.07) is 8.56. The summed E-state index contributed by atoms with van der Waals surface area (Å²) in [6.07, 6.45) is 2.99. The largest absolute Gasteiger partial charge is 0.494 e. The molecular weight excluding hydrogens is 416 g/mol. The van der Waals surface area contributed by atoms with Crippen LogP contribution in [-0.2, 0) is 20.9 Å². The monoisotopic (exact) mass is 452 g/mol. The first-order valence-corrected chi connectivity index (χ1v) is 11.2. The van der Waals surface area contributed by atoms with Crippen molar-refractivity contribution in [3.8, 4) is 5.75 Å². The summed E-state index contributed by atoms with van der Waals surface area (Å²) in [4.78, 5) is 21.7. The lowest BCUT2D eigenvalue weighted by atomic mass is 10.0. The molecule has 0 aromatic heterocycles. The minimum atomic E-state index is -0.250. The van der Waals surface area contributed by atoms with Gasteiger partial charge in [-0.2, -0.15) is 0 Å². The highest BCUT2D eigenvalue weighted by molar-refractivity contribution is 5.33. The molecule has 0 spiro atoms. The molecule has 32 heavy (non-hydrogen) atoms. The van der Waals surface area contributed by atoms with Crippen molar-refractivity contribution in [2.75, 3.05) is 52.5 Å². The maximum absolute atomic E-state index is 9.79. The van der Waals surface area contributed by atoms with Gasteiger partial charge < -0.3 is 24.8 Å². The van der Waals surface area contributed by atoms with E-state index in [-0.39, 0.29) is 19.0 Å². The number of aliphatic hydroxyl groups excluding tert-OH is 1. The minimum Gasteiger partial charge on any atom is -0.494 e. The molecule has 180 valence electrons. The van der Waals surface area contributed by atoms with Crippen molar-refractivity contribution in [2.45, 2.75) is 31.9 Å². The van der Waals surface area contributed by atoms with E-state index in [1.165, 1.54) is 5.56 Å². The highest BCUT2D eigenvalue weighted by Gasteiger charge is 2.39. The SMILES string of the molecule is O=CO.O=CO.OC1C[C@@H]2CN(Cc3cccc(OCCCN4CCOCC4)c3)C[C@@H]2C1. The Morgan fingerprint density at radius 2 is 1.66 bits per heavy atom. The van der Waals surface area contributed by atoms with Gasteiger partial charge in [-0.1, -0.05) is 12.1 Å². The maximum atomic E-state index is 9.79. The normalized spacial score (nSPS) is 25.0. The summed E-state index contributed by atoms with van der Waals surface area (Å²) in [6.45, 7) is 8.43. The first-order chi connectivity index (χ1) is 15.6. The number of ether oxygens (including phenoxy) is 2. The molecule has 9 heteroatoms. The number of likely N-dealkylation sites (tertiary alicyclic amines) is 1. The predicted octanol–water partition coefficient (Wildman–Crippen LogP) is 1.39. The number of fused-ring (bicyclic) bond motifs is 1. The fourth-order valence-corrected chi connectivity index (χ4v) is 4.79. The predicted molar refractivity (Wildman–Crippen MR) is 119 cm³/mol. The second kappa shape index (κ2) is 14.8. The third kappa shape index (κ3) is 9.12. The van der Waals surface area contributed by atoms with E-state index >= 15 is 0 Å². The number of hydrogen-bond acceptors (Lipinski definition) is 7. The maximum Gasteiger partial charge on any atom is 0.290 e. The van der Waals surface area contributed by atoms with Crippen LogP contribution in [0.1, 0.15) is 24.8 Å². The summed E-state index contributed by atoms with van der Waals surface area (Å²) < 4.78 is 11.4. The molecule has 2 aliphatic heterocycles. The Kier molecular flexibility index (Phi) is 12.0. The standard InChI is InChI=1S/C21H32N2O3.2CH2O2/c24-20-12-18-15-23(16-19(18)13-20)14-17-3-1-4-21(11-17)26-8-2-5-22-6-9-25-10-7-22;2*2-1-3/h1,3-4,11,18-20,24H,2,5-10,12-16H2;2*1H,(H,2,3)/t18-,19+,20?;;.